The molecule has 76 valence electrons. The van der Waals surface area contributed by atoms with E-state index in [1.807, 2.05) is 34.9 Å². The third-order valence-corrected chi connectivity index (χ3v) is 2.66. The molecule has 2 heteroatoms. The van der Waals surface area contributed by atoms with Crippen molar-refractivity contribution < 1.29 is 4.57 Å². The van der Waals surface area contributed by atoms with Crippen molar-refractivity contribution in [2.45, 2.75) is 13.5 Å². The monoisotopic (exact) mass is 218 g/mol. The van der Waals surface area contributed by atoms with Crippen molar-refractivity contribution in [2.75, 3.05) is 0 Å². The van der Waals surface area contributed by atoms with E-state index in [1.54, 1.807) is 0 Å². The summed E-state index contributed by atoms with van der Waals surface area (Å²) in [4.78, 5) is 0. The van der Waals surface area contributed by atoms with Crippen LogP contribution in [0.25, 0.3) is 0 Å². The van der Waals surface area contributed by atoms with E-state index in [1.165, 1.54) is 11.1 Å². The minimum Gasteiger partial charge on any atom is -0.184 e. The first-order valence-corrected chi connectivity index (χ1v) is 5.33. The van der Waals surface area contributed by atoms with Gasteiger partial charge in [-0.3, -0.25) is 0 Å². The van der Waals surface area contributed by atoms with Crippen molar-refractivity contribution >= 4 is 11.6 Å². The van der Waals surface area contributed by atoms with Gasteiger partial charge in [0, 0.05) is 17.2 Å². The van der Waals surface area contributed by atoms with Gasteiger partial charge in [-0.25, -0.2) is 0 Å². The van der Waals surface area contributed by atoms with Crippen LogP contribution < -0.4 is 4.57 Å². The fraction of sp³-hybridized carbons (Fsp3) is 0.154. The predicted octanol–water partition coefficient (Wildman–Crippen LogP) is 2.98. The summed E-state index contributed by atoms with van der Waals surface area (Å²) < 4.78 is 2.05. The Bertz CT molecular complexity index is 451. The van der Waals surface area contributed by atoms with E-state index < -0.39 is 0 Å². The maximum atomic E-state index is 6.11. The second-order valence-corrected chi connectivity index (χ2v) is 4.03. The van der Waals surface area contributed by atoms with E-state index in [0.717, 1.165) is 11.7 Å². The Balaban J connectivity index is 2.28. The Morgan fingerprint density at radius 2 is 1.80 bits per heavy atom. The number of aromatic nitrogens is 1. The van der Waals surface area contributed by atoms with E-state index in [4.69, 9.17) is 11.6 Å². The van der Waals surface area contributed by atoms with Gasteiger partial charge in [0.2, 0.25) is 0 Å². The molecule has 1 aromatic heterocycles. The molecule has 15 heavy (non-hydrogen) atoms. The highest BCUT2D eigenvalue weighted by atomic mass is 35.5. The van der Waals surface area contributed by atoms with Crippen LogP contribution in [0.2, 0.25) is 5.15 Å². The normalized spacial score (nSPS) is 10.3. The molecular formula is C13H13ClN+. The summed E-state index contributed by atoms with van der Waals surface area (Å²) in [6.07, 6.45) is 2.06. The molecule has 0 bridgehead atoms. The minimum atomic E-state index is 0.768. The minimum absolute atomic E-state index is 0.768. The van der Waals surface area contributed by atoms with Gasteiger partial charge in [-0.2, -0.15) is 4.57 Å². The van der Waals surface area contributed by atoms with E-state index in [2.05, 4.69) is 25.3 Å². The molecule has 1 aromatic carbocycles. The molecule has 0 spiro atoms. The summed E-state index contributed by atoms with van der Waals surface area (Å²) in [5, 5.41) is 0.768. The maximum absolute atomic E-state index is 6.11. The number of rotatable bonds is 2. The van der Waals surface area contributed by atoms with Gasteiger partial charge in [0.25, 0.3) is 5.15 Å². The molecule has 0 radical (unpaired) electrons. The topological polar surface area (TPSA) is 3.88 Å². The molecule has 0 N–H and O–H groups in total. The first-order chi connectivity index (χ1) is 7.25. The molecule has 1 heterocycles. The average molecular weight is 219 g/mol. The highest BCUT2D eigenvalue weighted by Crippen LogP contribution is 2.05. The summed E-state index contributed by atoms with van der Waals surface area (Å²) in [6, 6.07) is 14.3. The van der Waals surface area contributed by atoms with Crippen LogP contribution in [-0.4, -0.2) is 0 Å². The number of pyridine rings is 1. The fourth-order valence-corrected chi connectivity index (χ4v) is 1.72. The van der Waals surface area contributed by atoms with Gasteiger partial charge < -0.3 is 0 Å². The van der Waals surface area contributed by atoms with Crippen molar-refractivity contribution in [3.63, 3.8) is 0 Å². The van der Waals surface area contributed by atoms with Gasteiger partial charge in [-0.1, -0.05) is 30.3 Å². The lowest BCUT2D eigenvalue weighted by Gasteiger charge is -2.00. The number of benzene rings is 1. The molecule has 0 atom stereocenters. The zero-order chi connectivity index (χ0) is 10.7. The van der Waals surface area contributed by atoms with E-state index in [0.29, 0.717) is 0 Å². The Labute approximate surface area is 95.0 Å². The zero-order valence-corrected chi connectivity index (χ0v) is 9.41. The third kappa shape index (κ3) is 2.57. The Morgan fingerprint density at radius 1 is 1.07 bits per heavy atom. The molecule has 0 unspecified atom stereocenters. The number of aryl methyl sites for hydroxylation is 1. The van der Waals surface area contributed by atoms with Crippen LogP contribution >= 0.6 is 11.6 Å². The van der Waals surface area contributed by atoms with Crippen LogP contribution in [0, 0.1) is 6.92 Å². The number of hydrogen-bond donors (Lipinski definition) is 0. The van der Waals surface area contributed by atoms with Crippen LogP contribution in [0.15, 0.2) is 48.7 Å². The van der Waals surface area contributed by atoms with E-state index >= 15 is 0 Å². The van der Waals surface area contributed by atoms with Crippen LogP contribution in [0.1, 0.15) is 11.1 Å². The van der Waals surface area contributed by atoms with Crippen LogP contribution in [0.4, 0.5) is 0 Å². The van der Waals surface area contributed by atoms with Crippen LogP contribution in [0.3, 0.4) is 0 Å². The standard InChI is InChI=1S/C13H13ClN/c1-11-7-8-13(14)15(9-11)10-12-5-3-2-4-6-12/h2-9H,10H2,1H3/q+1. The second kappa shape index (κ2) is 4.45. The van der Waals surface area contributed by atoms with Crippen molar-refractivity contribution in [2.24, 2.45) is 0 Å². The second-order valence-electron chi connectivity index (χ2n) is 3.64. The van der Waals surface area contributed by atoms with Gasteiger partial charge in [0.1, 0.15) is 0 Å². The lowest BCUT2D eigenvalue weighted by molar-refractivity contribution is -0.686. The molecule has 0 aliphatic rings. The molecule has 0 aliphatic carbocycles. The SMILES string of the molecule is Cc1ccc(Cl)[n+](Cc2ccccc2)c1. The molecule has 1 nitrogen and oxygen atoms in total. The summed E-state index contributed by atoms with van der Waals surface area (Å²) in [5.74, 6) is 0. The van der Waals surface area contributed by atoms with Crippen LogP contribution in [0.5, 0.6) is 0 Å². The molecule has 0 aliphatic heterocycles. The molecule has 2 rings (SSSR count). The summed E-state index contributed by atoms with van der Waals surface area (Å²) >= 11 is 6.11. The summed E-state index contributed by atoms with van der Waals surface area (Å²) in [5.41, 5.74) is 2.48. The fourth-order valence-electron chi connectivity index (χ4n) is 1.55. The predicted molar refractivity (Wildman–Crippen MR) is 61.9 cm³/mol. The molecule has 0 saturated heterocycles. The average Bonchev–Trinajstić information content (AvgIpc) is 2.25. The Morgan fingerprint density at radius 3 is 2.53 bits per heavy atom. The molecule has 0 fully saturated rings. The zero-order valence-electron chi connectivity index (χ0n) is 8.65. The Hall–Kier alpha value is -1.34. The van der Waals surface area contributed by atoms with E-state index in [9.17, 15) is 0 Å². The van der Waals surface area contributed by atoms with Gasteiger partial charge in [-0.05, 0) is 24.6 Å². The van der Waals surface area contributed by atoms with Crippen molar-refractivity contribution in [1.29, 1.82) is 0 Å². The number of nitrogens with zero attached hydrogens (tertiary/aromatic N) is 1. The van der Waals surface area contributed by atoms with Gasteiger partial charge in [0.15, 0.2) is 12.7 Å². The number of halogens is 1. The summed E-state index contributed by atoms with van der Waals surface area (Å²) in [7, 11) is 0. The molecule has 0 saturated carbocycles. The van der Waals surface area contributed by atoms with Crippen LogP contribution in [-0.2, 0) is 6.54 Å². The largest absolute Gasteiger partial charge is 0.275 e. The van der Waals surface area contributed by atoms with Gasteiger partial charge in [-0.15, -0.1) is 0 Å². The van der Waals surface area contributed by atoms with Gasteiger partial charge >= 0.3 is 0 Å². The number of hydrogen-bond acceptors (Lipinski definition) is 0. The first-order valence-electron chi connectivity index (χ1n) is 4.95. The quantitative estimate of drug-likeness (QED) is 0.539. The third-order valence-electron chi connectivity index (χ3n) is 2.31. The first kappa shape index (κ1) is 10.2. The highest BCUT2D eigenvalue weighted by Gasteiger charge is 2.08. The van der Waals surface area contributed by atoms with Crippen molar-refractivity contribution in [3.8, 4) is 0 Å². The van der Waals surface area contributed by atoms with Gasteiger partial charge in [0.05, 0.1) is 0 Å². The van der Waals surface area contributed by atoms with Crippen molar-refractivity contribution in [3.05, 3.63) is 64.9 Å². The lowest BCUT2D eigenvalue weighted by atomic mass is 10.2. The highest BCUT2D eigenvalue weighted by molar-refractivity contribution is 6.28. The lowest BCUT2D eigenvalue weighted by Crippen LogP contribution is -2.35. The molecule has 2 aromatic rings. The Kier molecular flexibility index (Phi) is 3.02. The smallest absolute Gasteiger partial charge is 0.184 e. The molecular weight excluding hydrogens is 206 g/mol. The van der Waals surface area contributed by atoms with Crippen molar-refractivity contribution in [1.82, 2.24) is 0 Å². The van der Waals surface area contributed by atoms with E-state index in [-0.39, 0.29) is 0 Å². The summed E-state index contributed by atoms with van der Waals surface area (Å²) in [6.45, 7) is 2.89. The molecule has 0 amide bonds. The maximum Gasteiger partial charge on any atom is 0.275 e.